The normalized spacial score (nSPS) is 15.2. The van der Waals surface area contributed by atoms with E-state index in [0.29, 0.717) is 0 Å². The molecule has 15 heavy (non-hydrogen) atoms. The number of hydrogen-bond donors (Lipinski definition) is 2. The lowest BCUT2D eigenvalue weighted by Crippen LogP contribution is -2.41. The van der Waals surface area contributed by atoms with E-state index in [0.717, 1.165) is 19.4 Å². The van der Waals surface area contributed by atoms with Crippen molar-refractivity contribution in [3.05, 3.63) is 20.8 Å². The molecule has 0 aromatic carbocycles. The number of hydrogen-bond acceptors (Lipinski definition) is 3. The van der Waals surface area contributed by atoms with Crippen LogP contribution in [-0.2, 0) is 6.54 Å². The lowest BCUT2D eigenvalue weighted by Gasteiger charge is -2.29. The van der Waals surface area contributed by atoms with E-state index >= 15 is 0 Å². The first kappa shape index (κ1) is 13.2. The fourth-order valence-electron chi connectivity index (χ4n) is 1.38. The molecule has 1 aromatic heterocycles. The van der Waals surface area contributed by atoms with Crippen molar-refractivity contribution in [1.82, 2.24) is 5.32 Å². The number of halogens is 1. The molecule has 0 saturated carbocycles. The summed E-state index contributed by atoms with van der Waals surface area (Å²) < 4.78 is 1.17. The molecule has 1 heterocycles. The average molecular weight is 292 g/mol. The van der Waals surface area contributed by atoms with Gasteiger partial charge in [0.05, 0.1) is 0 Å². The van der Waals surface area contributed by atoms with Crippen molar-refractivity contribution >= 4 is 27.3 Å². The molecular weight excluding hydrogens is 274 g/mol. The van der Waals surface area contributed by atoms with Gasteiger partial charge in [0, 0.05) is 28.0 Å². The van der Waals surface area contributed by atoms with Crippen LogP contribution in [-0.4, -0.2) is 17.3 Å². The maximum Gasteiger partial charge on any atom is 0.0448 e. The molecule has 0 spiro atoms. The van der Waals surface area contributed by atoms with Gasteiger partial charge >= 0.3 is 0 Å². The zero-order valence-corrected chi connectivity index (χ0v) is 11.6. The summed E-state index contributed by atoms with van der Waals surface area (Å²) in [4.78, 5) is 1.31. The van der Waals surface area contributed by atoms with Crippen LogP contribution in [0.25, 0.3) is 0 Å². The Morgan fingerprint density at radius 1 is 1.60 bits per heavy atom. The summed E-state index contributed by atoms with van der Waals surface area (Å²) in [7, 11) is 0. The maximum atomic E-state index is 9.00. The third kappa shape index (κ3) is 3.87. The average Bonchev–Trinajstić information content (AvgIpc) is 2.62. The van der Waals surface area contributed by atoms with Crippen molar-refractivity contribution in [3.8, 4) is 0 Å². The van der Waals surface area contributed by atoms with Gasteiger partial charge in [-0.05, 0) is 47.1 Å². The molecule has 0 aliphatic rings. The van der Waals surface area contributed by atoms with Gasteiger partial charge in [0.25, 0.3) is 0 Å². The quantitative estimate of drug-likeness (QED) is 0.844. The van der Waals surface area contributed by atoms with Gasteiger partial charge in [0.2, 0.25) is 0 Å². The van der Waals surface area contributed by atoms with Gasteiger partial charge < -0.3 is 10.4 Å². The van der Waals surface area contributed by atoms with Crippen LogP contribution < -0.4 is 5.32 Å². The summed E-state index contributed by atoms with van der Waals surface area (Å²) >= 11 is 5.26. The molecule has 0 amide bonds. The van der Waals surface area contributed by atoms with Crippen molar-refractivity contribution in [2.24, 2.45) is 0 Å². The molecule has 1 atom stereocenters. The van der Waals surface area contributed by atoms with Crippen molar-refractivity contribution in [2.45, 2.75) is 38.8 Å². The molecule has 1 unspecified atom stereocenters. The number of rotatable bonds is 6. The SMILES string of the molecule is CCC(C)(CCO)NCc1sccc1Br. The Hall–Kier alpha value is 0.100. The molecule has 0 aliphatic heterocycles. The number of aliphatic hydroxyl groups is 1. The Balaban J connectivity index is 2.51. The second kappa shape index (κ2) is 5.99. The molecule has 4 heteroatoms. The Morgan fingerprint density at radius 3 is 2.80 bits per heavy atom. The predicted molar refractivity (Wildman–Crippen MR) is 69.3 cm³/mol. The summed E-state index contributed by atoms with van der Waals surface area (Å²) in [6.45, 7) is 5.41. The van der Waals surface area contributed by atoms with Crippen molar-refractivity contribution < 1.29 is 5.11 Å². The van der Waals surface area contributed by atoms with Crippen molar-refractivity contribution in [2.75, 3.05) is 6.61 Å². The van der Waals surface area contributed by atoms with Gasteiger partial charge in [-0.25, -0.2) is 0 Å². The third-order valence-corrected chi connectivity index (χ3v) is 4.74. The van der Waals surface area contributed by atoms with E-state index in [1.54, 1.807) is 11.3 Å². The highest BCUT2D eigenvalue weighted by atomic mass is 79.9. The molecular formula is C11H18BrNOS. The molecule has 1 rings (SSSR count). The van der Waals surface area contributed by atoms with E-state index in [4.69, 9.17) is 5.11 Å². The number of thiophene rings is 1. The largest absolute Gasteiger partial charge is 0.396 e. The summed E-state index contributed by atoms with van der Waals surface area (Å²) in [5, 5.41) is 14.6. The van der Waals surface area contributed by atoms with Crippen LogP contribution in [0.2, 0.25) is 0 Å². The van der Waals surface area contributed by atoms with Gasteiger partial charge in [0.1, 0.15) is 0 Å². The maximum absolute atomic E-state index is 9.00. The third-order valence-electron chi connectivity index (χ3n) is 2.81. The van der Waals surface area contributed by atoms with Gasteiger partial charge in [-0.2, -0.15) is 0 Å². The first-order valence-electron chi connectivity index (χ1n) is 5.19. The molecule has 0 aliphatic carbocycles. The van der Waals surface area contributed by atoms with Crippen molar-refractivity contribution in [3.63, 3.8) is 0 Å². The number of aliphatic hydroxyl groups excluding tert-OH is 1. The van der Waals surface area contributed by atoms with Crippen LogP contribution >= 0.6 is 27.3 Å². The van der Waals surface area contributed by atoms with E-state index in [-0.39, 0.29) is 12.1 Å². The van der Waals surface area contributed by atoms with Gasteiger partial charge in [-0.3, -0.25) is 0 Å². The summed E-state index contributed by atoms with van der Waals surface area (Å²) in [5.74, 6) is 0. The molecule has 2 nitrogen and oxygen atoms in total. The topological polar surface area (TPSA) is 32.3 Å². The monoisotopic (exact) mass is 291 g/mol. The summed E-state index contributed by atoms with van der Waals surface area (Å²) in [5.41, 5.74) is 0.0399. The zero-order valence-electron chi connectivity index (χ0n) is 9.22. The fraction of sp³-hybridized carbons (Fsp3) is 0.636. The van der Waals surface area contributed by atoms with E-state index in [2.05, 4.69) is 46.5 Å². The Bertz CT molecular complexity index is 303. The van der Waals surface area contributed by atoms with E-state index in [9.17, 15) is 0 Å². The highest BCUT2D eigenvalue weighted by molar-refractivity contribution is 9.10. The van der Waals surface area contributed by atoms with E-state index in [1.165, 1.54) is 9.35 Å². The fourth-order valence-corrected chi connectivity index (χ4v) is 2.81. The van der Waals surface area contributed by atoms with Gasteiger partial charge in [0.15, 0.2) is 0 Å². The standard InChI is InChI=1S/C11H18BrNOS/c1-3-11(2,5-6-14)13-8-10-9(12)4-7-15-10/h4,7,13-14H,3,5-6,8H2,1-2H3. The summed E-state index contributed by atoms with van der Waals surface area (Å²) in [6, 6.07) is 2.07. The lowest BCUT2D eigenvalue weighted by molar-refractivity contribution is 0.215. The van der Waals surface area contributed by atoms with Gasteiger partial charge in [-0.1, -0.05) is 6.92 Å². The van der Waals surface area contributed by atoms with Crippen molar-refractivity contribution in [1.29, 1.82) is 0 Å². The molecule has 2 N–H and O–H groups in total. The highest BCUT2D eigenvalue weighted by Gasteiger charge is 2.20. The van der Waals surface area contributed by atoms with Crippen LogP contribution in [0.5, 0.6) is 0 Å². The predicted octanol–water partition coefficient (Wildman–Crippen LogP) is 3.15. The Labute approximate surface area is 104 Å². The molecule has 1 aromatic rings. The minimum Gasteiger partial charge on any atom is -0.396 e. The number of nitrogens with one attached hydrogen (secondary N) is 1. The Kier molecular flexibility index (Phi) is 5.26. The molecule has 0 bridgehead atoms. The second-order valence-electron chi connectivity index (χ2n) is 3.93. The minimum atomic E-state index is 0.0399. The Morgan fingerprint density at radius 2 is 2.33 bits per heavy atom. The molecule has 0 saturated heterocycles. The molecule has 0 fully saturated rings. The van der Waals surface area contributed by atoms with Gasteiger partial charge in [-0.15, -0.1) is 11.3 Å². The lowest BCUT2D eigenvalue weighted by atomic mass is 9.95. The van der Waals surface area contributed by atoms with Crippen LogP contribution in [0.15, 0.2) is 15.9 Å². The molecule has 0 radical (unpaired) electrons. The second-order valence-corrected chi connectivity index (χ2v) is 5.79. The first-order chi connectivity index (χ1) is 7.11. The smallest absolute Gasteiger partial charge is 0.0448 e. The minimum absolute atomic E-state index is 0.0399. The first-order valence-corrected chi connectivity index (χ1v) is 6.86. The zero-order chi connectivity index (χ0) is 11.3. The van der Waals surface area contributed by atoms with Crippen LogP contribution in [0.1, 0.15) is 31.6 Å². The van der Waals surface area contributed by atoms with E-state index in [1.807, 2.05) is 0 Å². The summed E-state index contributed by atoms with van der Waals surface area (Å²) in [6.07, 6.45) is 1.82. The van der Waals surface area contributed by atoms with Crippen LogP contribution in [0.4, 0.5) is 0 Å². The highest BCUT2D eigenvalue weighted by Crippen LogP contribution is 2.24. The van der Waals surface area contributed by atoms with Crippen LogP contribution in [0.3, 0.4) is 0 Å². The van der Waals surface area contributed by atoms with Crippen LogP contribution in [0, 0.1) is 0 Å². The molecule has 86 valence electrons. The van der Waals surface area contributed by atoms with E-state index < -0.39 is 0 Å².